The standard InChI is InChI=1S/C47H32N4O/c1-47(2)37-20-7-6-15-33(37)41-35(18-11-21-38(41)47)45-49-44(31-13-4-3-5-14-31)50-46(51-45)36-19-12-23-40-42(36)34-17-10-16-32(43(34)52-40)29-24-26-30(27-25-29)39-22-8-9-28-48-39/h3-28H,1-2H3. The molecule has 1 aliphatic carbocycles. The van der Waals surface area contributed by atoms with Crippen molar-refractivity contribution >= 4 is 21.9 Å². The minimum atomic E-state index is -0.141. The molecule has 5 heteroatoms. The molecule has 0 fully saturated rings. The molecule has 5 nitrogen and oxygen atoms in total. The first-order chi connectivity index (χ1) is 25.5. The SMILES string of the molecule is CC1(C)c2ccccc2-c2c(-c3nc(-c4ccccc4)nc(-c4cccc5oc6c(-c7ccc(-c8ccccn8)cc7)cccc6c45)n3)cccc21. The van der Waals surface area contributed by atoms with E-state index in [1.165, 1.54) is 22.3 Å². The van der Waals surface area contributed by atoms with Gasteiger partial charge in [0, 0.05) is 50.2 Å². The van der Waals surface area contributed by atoms with Crippen LogP contribution < -0.4 is 0 Å². The summed E-state index contributed by atoms with van der Waals surface area (Å²) in [5.74, 6) is 1.87. The highest BCUT2D eigenvalue weighted by Gasteiger charge is 2.37. The fourth-order valence-electron chi connectivity index (χ4n) is 7.89. The van der Waals surface area contributed by atoms with E-state index in [2.05, 4.69) is 122 Å². The van der Waals surface area contributed by atoms with Gasteiger partial charge in [0.2, 0.25) is 0 Å². The second-order valence-electron chi connectivity index (χ2n) is 13.8. The minimum absolute atomic E-state index is 0.141. The Bertz CT molecular complexity index is 2800. The molecule has 6 aromatic carbocycles. The number of benzene rings is 6. The third kappa shape index (κ3) is 4.70. The number of aromatic nitrogens is 4. The van der Waals surface area contributed by atoms with Crippen molar-refractivity contribution in [3.8, 4) is 67.7 Å². The number of rotatable bonds is 5. The minimum Gasteiger partial charge on any atom is -0.455 e. The highest BCUT2D eigenvalue weighted by atomic mass is 16.3. The molecule has 0 N–H and O–H groups in total. The van der Waals surface area contributed by atoms with Crippen molar-refractivity contribution in [2.45, 2.75) is 19.3 Å². The number of fused-ring (bicyclic) bond motifs is 6. The van der Waals surface area contributed by atoms with Crippen LogP contribution in [0.3, 0.4) is 0 Å². The third-order valence-corrected chi connectivity index (χ3v) is 10.4. The molecule has 1 aliphatic rings. The van der Waals surface area contributed by atoms with E-state index in [9.17, 15) is 0 Å². The Hall–Kier alpha value is -6.72. The van der Waals surface area contributed by atoms with E-state index in [1.807, 2.05) is 54.7 Å². The molecule has 0 aliphatic heterocycles. The van der Waals surface area contributed by atoms with Gasteiger partial charge in [-0.1, -0.05) is 147 Å². The van der Waals surface area contributed by atoms with Gasteiger partial charge >= 0.3 is 0 Å². The molecule has 0 atom stereocenters. The van der Waals surface area contributed by atoms with Crippen LogP contribution in [0.25, 0.3) is 89.6 Å². The molecule has 0 unspecified atom stereocenters. The summed E-state index contributed by atoms with van der Waals surface area (Å²) in [6.45, 7) is 4.59. The summed E-state index contributed by atoms with van der Waals surface area (Å²) < 4.78 is 6.68. The van der Waals surface area contributed by atoms with E-state index >= 15 is 0 Å². The average molecular weight is 669 g/mol. The second kappa shape index (κ2) is 11.7. The summed E-state index contributed by atoms with van der Waals surface area (Å²) in [5.41, 5.74) is 13.4. The van der Waals surface area contributed by atoms with E-state index in [0.717, 1.165) is 61.0 Å². The molecule has 52 heavy (non-hydrogen) atoms. The maximum absolute atomic E-state index is 6.68. The lowest BCUT2D eigenvalue weighted by molar-refractivity contribution is 0.660. The lowest BCUT2D eigenvalue weighted by atomic mass is 9.82. The van der Waals surface area contributed by atoms with Crippen LogP contribution >= 0.6 is 0 Å². The van der Waals surface area contributed by atoms with Gasteiger partial charge in [-0.3, -0.25) is 4.98 Å². The van der Waals surface area contributed by atoms with Gasteiger partial charge in [-0.15, -0.1) is 0 Å². The van der Waals surface area contributed by atoms with Crippen LogP contribution in [0.4, 0.5) is 0 Å². The van der Waals surface area contributed by atoms with Crippen molar-refractivity contribution < 1.29 is 4.42 Å². The molecule has 246 valence electrons. The van der Waals surface area contributed by atoms with E-state index in [0.29, 0.717) is 17.5 Å². The first-order valence-electron chi connectivity index (χ1n) is 17.6. The fraction of sp³-hybridized carbons (Fsp3) is 0.0638. The van der Waals surface area contributed by atoms with Crippen LogP contribution in [0, 0.1) is 0 Å². The predicted octanol–water partition coefficient (Wildman–Crippen LogP) is 11.8. The topological polar surface area (TPSA) is 64.7 Å². The number of hydrogen-bond donors (Lipinski definition) is 0. The average Bonchev–Trinajstić information content (AvgIpc) is 3.71. The van der Waals surface area contributed by atoms with Crippen LogP contribution in [0.2, 0.25) is 0 Å². The van der Waals surface area contributed by atoms with Crippen molar-refractivity contribution in [3.05, 3.63) is 169 Å². The zero-order valence-electron chi connectivity index (χ0n) is 28.7. The van der Waals surface area contributed by atoms with Crippen LogP contribution in [-0.2, 0) is 5.41 Å². The second-order valence-corrected chi connectivity index (χ2v) is 13.8. The lowest BCUT2D eigenvalue weighted by Crippen LogP contribution is -2.14. The first kappa shape index (κ1) is 30.1. The summed E-state index contributed by atoms with van der Waals surface area (Å²) in [6.07, 6.45) is 1.82. The Labute approximate surface area is 301 Å². The number of nitrogens with zero attached hydrogens (tertiary/aromatic N) is 4. The van der Waals surface area contributed by atoms with Crippen LogP contribution in [0.1, 0.15) is 25.0 Å². The molecule has 0 saturated heterocycles. The Balaban J connectivity index is 1.17. The van der Waals surface area contributed by atoms with Gasteiger partial charge < -0.3 is 4.42 Å². The summed E-state index contributed by atoms with van der Waals surface area (Å²) in [7, 11) is 0. The summed E-state index contributed by atoms with van der Waals surface area (Å²) in [4.78, 5) is 20.1. The third-order valence-electron chi connectivity index (χ3n) is 10.4. The maximum atomic E-state index is 6.68. The molecule has 3 aromatic heterocycles. The van der Waals surface area contributed by atoms with Gasteiger partial charge in [0.1, 0.15) is 11.2 Å². The quantitative estimate of drug-likeness (QED) is 0.183. The van der Waals surface area contributed by atoms with E-state index in [4.69, 9.17) is 19.4 Å². The van der Waals surface area contributed by atoms with E-state index in [-0.39, 0.29) is 5.41 Å². The fourth-order valence-corrected chi connectivity index (χ4v) is 7.89. The highest BCUT2D eigenvalue weighted by Crippen LogP contribution is 2.52. The molecular weight excluding hydrogens is 637 g/mol. The molecule has 0 amide bonds. The molecule has 0 saturated carbocycles. The molecular formula is C47H32N4O. The molecule has 0 radical (unpaired) electrons. The maximum Gasteiger partial charge on any atom is 0.164 e. The van der Waals surface area contributed by atoms with Gasteiger partial charge in [-0.2, -0.15) is 0 Å². The molecule has 0 bridgehead atoms. The Morgan fingerprint density at radius 1 is 0.462 bits per heavy atom. The highest BCUT2D eigenvalue weighted by molar-refractivity contribution is 6.15. The predicted molar refractivity (Wildman–Crippen MR) is 210 cm³/mol. The van der Waals surface area contributed by atoms with Crippen molar-refractivity contribution in [2.75, 3.05) is 0 Å². The van der Waals surface area contributed by atoms with E-state index in [1.54, 1.807) is 0 Å². The number of hydrogen-bond acceptors (Lipinski definition) is 5. The summed E-state index contributed by atoms with van der Waals surface area (Å²) in [6, 6.07) is 52.3. The van der Waals surface area contributed by atoms with Gasteiger partial charge in [-0.25, -0.2) is 15.0 Å². The van der Waals surface area contributed by atoms with Crippen molar-refractivity contribution in [1.82, 2.24) is 19.9 Å². The molecule has 3 heterocycles. The molecule has 0 spiro atoms. The zero-order chi connectivity index (χ0) is 34.8. The first-order valence-corrected chi connectivity index (χ1v) is 17.6. The normalized spacial score (nSPS) is 13.0. The van der Waals surface area contributed by atoms with E-state index < -0.39 is 0 Å². The Morgan fingerprint density at radius 3 is 1.92 bits per heavy atom. The van der Waals surface area contributed by atoms with Crippen LogP contribution in [0.5, 0.6) is 0 Å². The van der Waals surface area contributed by atoms with Crippen molar-refractivity contribution in [2.24, 2.45) is 0 Å². The van der Waals surface area contributed by atoms with Gasteiger partial charge in [0.05, 0.1) is 5.69 Å². The van der Waals surface area contributed by atoms with Crippen molar-refractivity contribution in [1.29, 1.82) is 0 Å². The van der Waals surface area contributed by atoms with Crippen LogP contribution in [-0.4, -0.2) is 19.9 Å². The summed E-state index contributed by atoms with van der Waals surface area (Å²) in [5, 5.41) is 1.99. The van der Waals surface area contributed by atoms with Gasteiger partial charge in [0.25, 0.3) is 0 Å². The zero-order valence-corrected chi connectivity index (χ0v) is 28.7. The number of pyridine rings is 1. The van der Waals surface area contributed by atoms with Gasteiger partial charge in [-0.05, 0) is 46.0 Å². The van der Waals surface area contributed by atoms with Crippen molar-refractivity contribution in [3.63, 3.8) is 0 Å². The van der Waals surface area contributed by atoms with Gasteiger partial charge in [0.15, 0.2) is 17.5 Å². The molecule has 9 aromatic rings. The molecule has 10 rings (SSSR count). The number of para-hydroxylation sites is 1. The van der Waals surface area contributed by atoms with Crippen LogP contribution in [0.15, 0.2) is 162 Å². The summed E-state index contributed by atoms with van der Waals surface area (Å²) >= 11 is 0. The largest absolute Gasteiger partial charge is 0.455 e. The smallest absolute Gasteiger partial charge is 0.164 e. The lowest BCUT2D eigenvalue weighted by Gasteiger charge is -2.21. The Kier molecular flexibility index (Phi) is 6.77. The monoisotopic (exact) mass is 668 g/mol. The number of furan rings is 1. The Morgan fingerprint density at radius 2 is 1.10 bits per heavy atom.